The molecular weight excluding hydrogens is 467 g/mol. The lowest BCUT2D eigenvalue weighted by Crippen LogP contribution is -2.19. The van der Waals surface area contributed by atoms with Crippen molar-refractivity contribution in [2.24, 2.45) is 11.0 Å². The highest BCUT2D eigenvalue weighted by molar-refractivity contribution is 5.84. The van der Waals surface area contributed by atoms with E-state index >= 15 is 0 Å². The maximum atomic E-state index is 13.2. The van der Waals surface area contributed by atoms with Gasteiger partial charge in [0, 0.05) is 30.8 Å². The van der Waals surface area contributed by atoms with E-state index in [-0.39, 0.29) is 34.7 Å². The van der Waals surface area contributed by atoms with Gasteiger partial charge in [-0.3, -0.25) is 10.1 Å². The van der Waals surface area contributed by atoms with Gasteiger partial charge in [-0.1, -0.05) is 31.4 Å². The van der Waals surface area contributed by atoms with Gasteiger partial charge in [-0.05, 0) is 42.5 Å². The Morgan fingerprint density at radius 3 is 2.44 bits per heavy atom. The van der Waals surface area contributed by atoms with E-state index in [9.17, 15) is 19.6 Å². The predicted molar refractivity (Wildman–Crippen MR) is 135 cm³/mol. The number of halogens is 1. The van der Waals surface area contributed by atoms with Gasteiger partial charge in [0.25, 0.3) is 5.69 Å². The van der Waals surface area contributed by atoms with Gasteiger partial charge in [0.1, 0.15) is 11.6 Å². The standard InChI is InChI=1S/C24H27FN8O3/c25-19-8-6-17(7-9-19)14-27-23-29-22(26-13-16-4-2-1-3-5-16)30-24(31-23)32-28-15-18-12-20(33(35)36)10-11-21(18)34/h6-12,15-16,34H,1-5,13-14H2,(H3,26,27,29,30,31,32)/b28-15+. The highest BCUT2D eigenvalue weighted by Crippen LogP contribution is 2.24. The van der Waals surface area contributed by atoms with Crippen LogP contribution in [0.5, 0.6) is 5.75 Å². The lowest BCUT2D eigenvalue weighted by Gasteiger charge is -2.21. The zero-order chi connectivity index (χ0) is 25.3. The van der Waals surface area contributed by atoms with Crippen molar-refractivity contribution in [1.29, 1.82) is 0 Å². The van der Waals surface area contributed by atoms with Crippen LogP contribution in [-0.2, 0) is 6.54 Å². The molecule has 188 valence electrons. The molecule has 1 fully saturated rings. The Labute approximate surface area is 207 Å². The third-order valence-corrected chi connectivity index (χ3v) is 5.86. The molecule has 0 unspecified atom stereocenters. The number of hydrogen-bond donors (Lipinski definition) is 4. The second kappa shape index (κ2) is 11.9. The minimum atomic E-state index is -0.556. The first-order valence-corrected chi connectivity index (χ1v) is 11.7. The molecule has 1 saturated carbocycles. The maximum absolute atomic E-state index is 13.2. The number of nitro groups is 1. The van der Waals surface area contributed by atoms with E-state index in [1.165, 1.54) is 55.8 Å². The number of nitrogens with zero attached hydrogens (tertiary/aromatic N) is 5. The van der Waals surface area contributed by atoms with Crippen molar-refractivity contribution in [3.8, 4) is 5.75 Å². The number of nitrogens with one attached hydrogen (secondary N) is 3. The molecule has 3 aromatic rings. The van der Waals surface area contributed by atoms with Gasteiger partial charge in [0.2, 0.25) is 17.8 Å². The molecular formula is C24H27FN8O3. The van der Waals surface area contributed by atoms with Crippen LogP contribution in [0.15, 0.2) is 47.6 Å². The zero-order valence-corrected chi connectivity index (χ0v) is 19.5. The Kier molecular flexibility index (Phi) is 8.16. The Morgan fingerprint density at radius 2 is 1.72 bits per heavy atom. The number of hydrazone groups is 1. The molecule has 1 heterocycles. The van der Waals surface area contributed by atoms with E-state index in [0.717, 1.165) is 24.9 Å². The smallest absolute Gasteiger partial charge is 0.270 e. The summed E-state index contributed by atoms with van der Waals surface area (Å²) in [7, 11) is 0. The lowest BCUT2D eigenvalue weighted by molar-refractivity contribution is -0.384. The normalized spacial score (nSPS) is 14.0. The van der Waals surface area contributed by atoms with Gasteiger partial charge >= 0.3 is 0 Å². The molecule has 12 heteroatoms. The van der Waals surface area contributed by atoms with Gasteiger partial charge in [-0.2, -0.15) is 20.1 Å². The predicted octanol–water partition coefficient (Wildman–Crippen LogP) is 4.67. The van der Waals surface area contributed by atoms with E-state index in [0.29, 0.717) is 18.4 Å². The van der Waals surface area contributed by atoms with Crippen LogP contribution in [0, 0.1) is 21.8 Å². The number of hydrogen-bond acceptors (Lipinski definition) is 10. The third-order valence-electron chi connectivity index (χ3n) is 5.86. The van der Waals surface area contributed by atoms with Crippen molar-refractivity contribution in [3.63, 3.8) is 0 Å². The zero-order valence-electron chi connectivity index (χ0n) is 19.5. The summed E-state index contributed by atoms with van der Waals surface area (Å²) in [5.41, 5.74) is 3.53. The van der Waals surface area contributed by atoms with Gasteiger partial charge in [-0.15, -0.1) is 0 Å². The fourth-order valence-corrected chi connectivity index (χ4v) is 3.91. The number of anilines is 3. The molecule has 0 atom stereocenters. The molecule has 0 saturated heterocycles. The van der Waals surface area contributed by atoms with Crippen molar-refractivity contribution in [2.45, 2.75) is 38.6 Å². The average Bonchev–Trinajstić information content (AvgIpc) is 2.89. The van der Waals surface area contributed by atoms with Crippen LogP contribution < -0.4 is 16.1 Å². The van der Waals surface area contributed by atoms with Gasteiger partial charge in [-0.25, -0.2) is 9.82 Å². The van der Waals surface area contributed by atoms with Crippen LogP contribution in [-0.4, -0.2) is 37.7 Å². The lowest BCUT2D eigenvalue weighted by atomic mass is 9.89. The summed E-state index contributed by atoms with van der Waals surface area (Å²) in [5.74, 6) is 0.881. The molecule has 1 aliphatic carbocycles. The number of non-ortho nitro benzene ring substituents is 1. The maximum Gasteiger partial charge on any atom is 0.270 e. The van der Waals surface area contributed by atoms with Crippen LogP contribution >= 0.6 is 0 Å². The molecule has 1 aliphatic rings. The molecule has 4 rings (SSSR count). The summed E-state index contributed by atoms with van der Waals surface area (Å²) in [5, 5.41) is 31.4. The monoisotopic (exact) mass is 494 g/mol. The van der Waals surface area contributed by atoms with Crippen molar-refractivity contribution in [3.05, 3.63) is 69.5 Å². The van der Waals surface area contributed by atoms with Crippen LogP contribution in [0.3, 0.4) is 0 Å². The molecule has 36 heavy (non-hydrogen) atoms. The summed E-state index contributed by atoms with van der Waals surface area (Å²) in [6.45, 7) is 1.11. The Morgan fingerprint density at radius 1 is 1.03 bits per heavy atom. The molecule has 0 aliphatic heterocycles. The van der Waals surface area contributed by atoms with E-state index in [2.05, 4.69) is 36.1 Å². The Hall–Kier alpha value is -4.35. The Balaban J connectivity index is 1.48. The molecule has 0 amide bonds. The second-order valence-corrected chi connectivity index (χ2v) is 8.54. The van der Waals surface area contributed by atoms with Crippen LogP contribution in [0.2, 0.25) is 0 Å². The largest absolute Gasteiger partial charge is 0.507 e. The molecule has 2 aromatic carbocycles. The first kappa shape index (κ1) is 24.8. The summed E-state index contributed by atoms with van der Waals surface area (Å²) in [6, 6.07) is 9.74. The number of phenols is 1. The van der Waals surface area contributed by atoms with Crippen LogP contribution in [0.25, 0.3) is 0 Å². The topological polar surface area (TPSA) is 150 Å². The molecule has 0 spiro atoms. The first-order valence-electron chi connectivity index (χ1n) is 11.7. The van der Waals surface area contributed by atoms with Crippen molar-refractivity contribution in [1.82, 2.24) is 15.0 Å². The average molecular weight is 495 g/mol. The first-order chi connectivity index (χ1) is 17.5. The van der Waals surface area contributed by atoms with E-state index in [4.69, 9.17) is 0 Å². The summed E-state index contributed by atoms with van der Waals surface area (Å²) < 4.78 is 13.2. The van der Waals surface area contributed by atoms with Crippen molar-refractivity contribution >= 4 is 29.7 Å². The molecule has 11 nitrogen and oxygen atoms in total. The number of aromatic hydroxyl groups is 1. The fourth-order valence-electron chi connectivity index (χ4n) is 3.91. The molecule has 0 bridgehead atoms. The summed E-state index contributed by atoms with van der Waals surface area (Å²) in [4.78, 5) is 23.6. The molecule has 1 aromatic heterocycles. The quantitative estimate of drug-likeness (QED) is 0.179. The molecule has 0 radical (unpaired) electrons. The summed E-state index contributed by atoms with van der Waals surface area (Å²) >= 11 is 0. The van der Waals surface area contributed by atoms with Gasteiger partial charge in [0.05, 0.1) is 11.1 Å². The van der Waals surface area contributed by atoms with Gasteiger partial charge < -0.3 is 15.7 Å². The van der Waals surface area contributed by atoms with Crippen molar-refractivity contribution < 1.29 is 14.4 Å². The number of benzene rings is 2. The minimum Gasteiger partial charge on any atom is -0.507 e. The van der Waals surface area contributed by atoms with Crippen molar-refractivity contribution in [2.75, 3.05) is 22.6 Å². The summed E-state index contributed by atoms with van der Waals surface area (Å²) in [6.07, 6.45) is 7.28. The minimum absolute atomic E-state index is 0.138. The number of nitro benzene ring substituents is 1. The highest BCUT2D eigenvalue weighted by atomic mass is 19.1. The van der Waals surface area contributed by atoms with Gasteiger partial charge in [0.15, 0.2) is 0 Å². The second-order valence-electron chi connectivity index (χ2n) is 8.54. The number of rotatable bonds is 10. The van der Waals surface area contributed by atoms with E-state index in [1.54, 1.807) is 12.1 Å². The van der Waals surface area contributed by atoms with E-state index in [1.807, 2.05) is 0 Å². The highest BCUT2D eigenvalue weighted by Gasteiger charge is 2.15. The number of phenolic OH excluding ortho intramolecular Hbond substituents is 1. The third kappa shape index (κ3) is 7.08. The number of aromatic nitrogens is 3. The van der Waals surface area contributed by atoms with Crippen LogP contribution in [0.4, 0.5) is 27.9 Å². The molecule has 4 N–H and O–H groups in total. The van der Waals surface area contributed by atoms with E-state index < -0.39 is 4.92 Å². The Bertz CT molecular complexity index is 1220. The fraction of sp³-hybridized carbons (Fsp3) is 0.333. The SMILES string of the molecule is O=[N+]([O-])c1ccc(O)c(/C=N/Nc2nc(NCc3ccc(F)cc3)nc(NCC3CCCCC3)n2)c1. The van der Waals surface area contributed by atoms with Crippen LogP contribution in [0.1, 0.15) is 43.2 Å².